The number of hydrogen-bond donors (Lipinski definition) is 2. The van der Waals surface area contributed by atoms with E-state index in [9.17, 15) is 18.4 Å². The fraction of sp³-hybridized carbons (Fsp3) is 0.385. The van der Waals surface area contributed by atoms with E-state index in [4.69, 9.17) is 9.84 Å². The van der Waals surface area contributed by atoms with Gasteiger partial charge in [-0.2, -0.15) is 8.78 Å². The van der Waals surface area contributed by atoms with E-state index in [1.54, 1.807) is 0 Å². The van der Waals surface area contributed by atoms with Gasteiger partial charge in [-0.15, -0.1) is 0 Å². The molecule has 0 spiro atoms. The summed E-state index contributed by atoms with van der Waals surface area (Å²) in [5.41, 5.74) is 0.639. The number of nitrogens with one attached hydrogen (secondary N) is 1. The summed E-state index contributed by atoms with van der Waals surface area (Å²) in [6.07, 6.45) is 0.0773. The predicted octanol–water partition coefficient (Wildman–Crippen LogP) is 1.05. The highest BCUT2D eigenvalue weighted by molar-refractivity contribution is 5.78. The maximum absolute atomic E-state index is 11.9. The molecule has 8 heteroatoms. The molecule has 0 saturated carbocycles. The number of halogens is 2. The zero-order chi connectivity index (χ0) is 15.7. The Kier molecular flexibility index (Phi) is 7.10. The van der Waals surface area contributed by atoms with Crippen molar-refractivity contribution in [3.05, 3.63) is 29.8 Å². The molecule has 116 valence electrons. The van der Waals surface area contributed by atoms with Crippen molar-refractivity contribution in [3.63, 3.8) is 0 Å². The van der Waals surface area contributed by atoms with E-state index in [1.807, 2.05) is 0 Å². The van der Waals surface area contributed by atoms with Crippen molar-refractivity contribution in [1.29, 1.82) is 0 Å². The van der Waals surface area contributed by atoms with E-state index in [0.717, 1.165) is 0 Å². The van der Waals surface area contributed by atoms with Gasteiger partial charge in [0.15, 0.2) is 0 Å². The summed E-state index contributed by atoms with van der Waals surface area (Å²) in [5.74, 6) is -1.33. The molecule has 1 rings (SSSR count). The van der Waals surface area contributed by atoms with E-state index in [0.29, 0.717) is 5.56 Å². The van der Waals surface area contributed by atoms with Crippen LogP contribution in [0.1, 0.15) is 5.56 Å². The van der Waals surface area contributed by atoms with Crippen LogP contribution in [0.25, 0.3) is 0 Å². The molecule has 21 heavy (non-hydrogen) atoms. The number of carboxylic acid groups (broad SMARTS) is 1. The number of benzene rings is 1. The van der Waals surface area contributed by atoms with Crippen LogP contribution >= 0.6 is 0 Å². The highest BCUT2D eigenvalue weighted by Crippen LogP contribution is 2.15. The van der Waals surface area contributed by atoms with Crippen LogP contribution < -0.4 is 10.1 Å². The Morgan fingerprint density at radius 1 is 1.24 bits per heavy atom. The van der Waals surface area contributed by atoms with Crippen LogP contribution in [0.5, 0.6) is 5.75 Å². The Labute approximate surface area is 119 Å². The number of carbonyl (C=O) groups excluding carboxylic acids is 1. The summed E-state index contributed by atoms with van der Waals surface area (Å²) in [4.78, 5) is 21.7. The number of rotatable bonds is 9. The number of aliphatic carboxylic acids is 1. The van der Waals surface area contributed by atoms with Gasteiger partial charge < -0.3 is 19.9 Å². The lowest BCUT2D eigenvalue weighted by atomic mass is 10.1. The molecule has 0 aliphatic carbocycles. The molecular formula is C13H15F2NO5. The number of carbonyl (C=O) groups is 2. The average molecular weight is 303 g/mol. The second kappa shape index (κ2) is 8.85. The third-order valence-electron chi connectivity index (χ3n) is 2.31. The largest absolute Gasteiger partial charge is 0.480 e. The van der Waals surface area contributed by atoms with Crippen molar-refractivity contribution in [2.75, 3.05) is 19.8 Å². The van der Waals surface area contributed by atoms with Crippen LogP contribution in [-0.4, -0.2) is 43.4 Å². The van der Waals surface area contributed by atoms with E-state index < -0.39 is 19.2 Å². The summed E-state index contributed by atoms with van der Waals surface area (Å²) in [6, 6.07) is 5.73. The van der Waals surface area contributed by atoms with Crippen molar-refractivity contribution in [2.24, 2.45) is 0 Å². The average Bonchev–Trinajstić information content (AvgIpc) is 2.39. The fourth-order valence-corrected chi connectivity index (χ4v) is 1.46. The lowest BCUT2D eigenvalue weighted by molar-refractivity contribution is -0.142. The molecule has 6 nitrogen and oxygen atoms in total. The summed E-state index contributed by atoms with van der Waals surface area (Å²) in [5, 5.41) is 10.9. The number of hydrogen-bond acceptors (Lipinski definition) is 4. The smallest absolute Gasteiger partial charge is 0.387 e. The van der Waals surface area contributed by atoms with Crippen molar-refractivity contribution in [2.45, 2.75) is 13.0 Å². The lowest BCUT2D eigenvalue weighted by Gasteiger charge is -2.07. The standard InChI is InChI=1S/C13H15F2NO5/c14-13(15)21-10-3-1-9(2-4-10)7-11(17)16-5-6-20-8-12(18)19/h1-4,13H,5-8H2,(H,16,17)(H,18,19). The van der Waals surface area contributed by atoms with Gasteiger partial charge >= 0.3 is 12.6 Å². The second-order valence-electron chi connectivity index (χ2n) is 4.00. The van der Waals surface area contributed by atoms with Crippen LogP contribution in [0.4, 0.5) is 8.78 Å². The first-order chi connectivity index (χ1) is 9.97. The van der Waals surface area contributed by atoms with E-state index in [-0.39, 0.29) is 31.2 Å². The SMILES string of the molecule is O=C(O)COCCNC(=O)Cc1ccc(OC(F)F)cc1. The van der Waals surface area contributed by atoms with Gasteiger partial charge in [0.25, 0.3) is 0 Å². The van der Waals surface area contributed by atoms with Crippen molar-refractivity contribution in [3.8, 4) is 5.75 Å². The third-order valence-corrected chi connectivity index (χ3v) is 2.31. The third kappa shape index (κ3) is 7.83. The van der Waals surface area contributed by atoms with Gasteiger partial charge in [0.1, 0.15) is 12.4 Å². The molecule has 0 atom stereocenters. The monoisotopic (exact) mass is 303 g/mol. The molecule has 1 aromatic carbocycles. The van der Waals surface area contributed by atoms with Crippen LogP contribution in [0.15, 0.2) is 24.3 Å². The molecule has 0 unspecified atom stereocenters. The zero-order valence-electron chi connectivity index (χ0n) is 11.1. The maximum atomic E-state index is 11.9. The first-order valence-electron chi connectivity index (χ1n) is 6.07. The molecule has 2 N–H and O–H groups in total. The topological polar surface area (TPSA) is 84.9 Å². The number of alkyl halides is 2. The van der Waals surface area contributed by atoms with Gasteiger partial charge in [0.2, 0.25) is 5.91 Å². The molecule has 0 aliphatic rings. The van der Waals surface area contributed by atoms with Crippen LogP contribution in [0.2, 0.25) is 0 Å². The minimum absolute atomic E-state index is 0.0243. The molecule has 0 heterocycles. The van der Waals surface area contributed by atoms with E-state index >= 15 is 0 Å². The molecule has 0 aromatic heterocycles. The first kappa shape index (κ1) is 16.8. The molecule has 0 saturated heterocycles. The summed E-state index contributed by atoms with van der Waals surface area (Å²) < 4.78 is 32.8. The zero-order valence-corrected chi connectivity index (χ0v) is 11.1. The molecule has 0 radical (unpaired) electrons. The van der Waals surface area contributed by atoms with Gasteiger partial charge in [-0.25, -0.2) is 4.79 Å². The minimum atomic E-state index is -2.88. The summed E-state index contributed by atoms with van der Waals surface area (Å²) in [7, 11) is 0. The highest BCUT2D eigenvalue weighted by atomic mass is 19.3. The van der Waals surface area contributed by atoms with Gasteiger partial charge in [-0.1, -0.05) is 12.1 Å². The normalized spacial score (nSPS) is 10.4. The van der Waals surface area contributed by atoms with Crippen LogP contribution in [0.3, 0.4) is 0 Å². The minimum Gasteiger partial charge on any atom is -0.480 e. The Balaban J connectivity index is 2.26. The van der Waals surface area contributed by atoms with Gasteiger partial charge in [0.05, 0.1) is 13.0 Å². The lowest BCUT2D eigenvalue weighted by Crippen LogP contribution is -2.29. The quantitative estimate of drug-likeness (QED) is 0.666. The van der Waals surface area contributed by atoms with Crippen LogP contribution in [-0.2, 0) is 20.7 Å². The van der Waals surface area contributed by atoms with E-state index in [1.165, 1.54) is 24.3 Å². The molecule has 0 fully saturated rings. The second-order valence-corrected chi connectivity index (χ2v) is 4.00. The van der Waals surface area contributed by atoms with Crippen molar-refractivity contribution >= 4 is 11.9 Å². The molecule has 0 aliphatic heterocycles. The van der Waals surface area contributed by atoms with Gasteiger partial charge in [-0.05, 0) is 17.7 Å². The Morgan fingerprint density at radius 2 is 1.90 bits per heavy atom. The highest BCUT2D eigenvalue weighted by Gasteiger charge is 2.06. The Hall–Kier alpha value is -2.22. The van der Waals surface area contributed by atoms with Crippen LogP contribution in [0, 0.1) is 0 Å². The Bertz CT molecular complexity index is 464. The predicted molar refractivity (Wildman–Crippen MR) is 68.2 cm³/mol. The molecular weight excluding hydrogens is 288 g/mol. The maximum Gasteiger partial charge on any atom is 0.387 e. The summed E-state index contributed by atoms with van der Waals surface area (Å²) >= 11 is 0. The van der Waals surface area contributed by atoms with Gasteiger partial charge in [-0.3, -0.25) is 4.79 Å². The molecule has 1 amide bonds. The molecule has 1 aromatic rings. The Morgan fingerprint density at radius 3 is 2.48 bits per heavy atom. The van der Waals surface area contributed by atoms with Gasteiger partial charge in [0, 0.05) is 6.54 Å². The van der Waals surface area contributed by atoms with E-state index in [2.05, 4.69) is 10.1 Å². The first-order valence-corrected chi connectivity index (χ1v) is 6.07. The number of amides is 1. The summed E-state index contributed by atoms with van der Waals surface area (Å²) in [6.45, 7) is -3.01. The number of carboxylic acids is 1. The van der Waals surface area contributed by atoms with Crippen molar-refractivity contribution in [1.82, 2.24) is 5.32 Å². The van der Waals surface area contributed by atoms with Crippen molar-refractivity contribution < 1.29 is 33.0 Å². The fourth-order valence-electron chi connectivity index (χ4n) is 1.46. The molecule has 0 bridgehead atoms. The number of ether oxygens (including phenoxy) is 2.